The molecule has 3 N–H and O–H groups in total. The number of hydrogen-bond donors (Lipinski definition) is 2. The maximum atomic E-state index is 13.9. The molecule has 1 atom stereocenters. The summed E-state index contributed by atoms with van der Waals surface area (Å²) in [5, 5.41) is 3.12. The minimum absolute atomic E-state index is 0.192. The third kappa shape index (κ3) is 2.71. The van der Waals surface area contributed by atoms with E-state index in [1.807, 2.05) is 24.3 Å². The molecule has 18 heavy (non-hydrogen) atoms. The van der Waals surface area contributed by atoms with Gasteiger partial charge in [-0.2, -0.15) is 0 Å². The van der Waals surface area contributed by atoms with Gasteiger partial charge in [-0.15, -0.1) is 0 Å². The van der Waals surface area contributed by atoms with E-state index < -0.39 is 0 Å². The summed E-state index contributed by atoms with van der Waals surface area (Å²) in [6, 6.07) is 12.2. The quantitative estimate of drug-likeness (QED) is 0.852. The number of nitrogens with one attached hydrogen (secondary N) is 1. The summed E-state index contributed by atoms with van der Waals surface area (Å²) in [4.78, 5) is 0. The van der Waals surface area contributed by atoms with Crippen LogP contribution in [0.1, 0.15) is 17.2 Å². The van der Waals surface area contributed by atoms with Crippen molar-refractivity contribution in [1.82, 2.24) is 5.32 Å². The molecule has 94 valence electrons. The van der Waals surface area contributed by atoms with Gasteiger partial charge in [0, 0.05) is 15.7 Å². The van der Waals surface area contributed by atoms with Crippen LogP contribution in [0.15, 0.2) is 46.9 Å². The second-order valence-electron chi connectivity index (χ2n) is 4.05. The van der Waals surface area contributed by atoms with Gasteiger partial charge < -0.3 is 11.1 Å². The summed E-state index contributed by atoms with van der Waals surface area (Å²) in [6.07, 6.45) is 0. The lowest BCUT2D eigenvalue weighted by molar-refractivity contribution is 0.576. The Hall–Kier alpha value is -1.39. The maximum Gasteiger partial charge on any atom is 0.128 e. The number of benzene rings is 2. The van der Waals surface area contributed by atoms with Crippen LogP contribution in [0.25, 0.3) is 0 Å². The molecular formula is C14H14BrFN2. The highest BCUT2D eigenvalue weighted by molar-refractivity contribution is 9.10. The number of hydrogen-bond acceptors (Lipinski definition) is 2. The van der Waals surface area contributed by atoms with Gasteiger partial charge in [0.2, 0.25) is 0 Å². The summed E-state index contributed by atoms with van der Waals surface area (Å²) < 4.78 is 14.7. The van der Waals surface area contributed by atoms with Crippen molar-refractivity contribution in [2.45, 2.75) is 6.04 Å². The molecular weight excluding hydrogens is 295 g/mol. The van der Waals surface area contributed by atoms with Gasteiger partial charge in [-0.05, 0) is 42.9 Å². The van der Waals surface area contributed by atoms with Crippen LogP contribution < -0.4 is 11.1 Å². The molecule has 2 aromatic rings. The summed E-state index contributed by atoms with van der Waals surface area (Å²) >= 11 is 3.36. The number of nitrogen functional groups attached to an aromatic ring is 1. The molecule has 0 bridgehead atoms. The largest absolute Gasteiger partial charge is 0.399 e. The Balaban J connectivity index is 2.44. The Kier molecular flexibility index (Phi) is 3.99. The molecule has 1 unspecified atom stereocenters. The zero-order chi connectivity index (χ0) is 13.1. The molecule has 0 aliphatic heterocycles. The first-order valence-corrected chi connectivity index (χ1v) is 6.39. The highest BCUT2D eigenvalue weighted by Gasteiger charge is 2.16. The molecule has 0 fully saturated rings. The van der Waals surface area contributed by atoms with E-state index in [0.717, 1.165) is 10.0 Å². The lowest BCUT2D eigenvalue weighted by Gasteiger charge is -2.18. The minimum Gasteiger partial charge on any atom is -0.399 e. The number of anilines is 1. The fourth-order valence-electron chi connectivity index (χ4n) is 1.93. The smallest absolute Gasteiger partial charge is 0.128 e. The van der Waals surface area contributed by atoms with E-state index in [-0.39, 0.29) is 11.9 Å². The van der Waals surface area contributed by atoms with Crippen molar-refractivity contribution in [3.05, 3.63) is 63.9 Å². The van der Waals surface area contributed by atoms with Crippen molar-refractivity contribution in [3.63, 3.8) is 0 Å². The summed E-state index contributed by atoms with van der Waals surface area (Å²) in [7, 11) is 1.81. The highest BCUT2D eigenvalue weighted by atomic mass is 79.9. The third-order valence-corrected chi connectivity index (χ3v) is 3.32. The minimum atomic E-state index is -0.227. The SMILES string of the molecule is CNC(c1ccc(N)cc1)c1cc(Br)ccc1F. The molecule has 0 spiro atoms. The lowest BCUT2D eigenvalue weighted by Crippen LogP contribution is -2.19. The fraction of sp³-hybridized carbons (Fsp3) is 0.143. The van der Waals surface area contributed by atoms with Crippen molar-refractivity contribution in [2.24, 2.45) is 0 Å². The second kappa shape index (κ2) is 5.50. The highest BCUT2D eigenvalue weighted by Crippen LogP contribution is 2.27. The van der Waals surface area contributed by atoms with E-state index in [0.29, 0.717) is 11.3 Å². The van der Waals surface area contributed by atoms with E-state index in [9.17, 15) is 4.39 Å². The molecule has 0 radical (unpaired) electrons. The predicted octanol–water partition coefficient (Wildman–Crippen LogP) is 3.48. The van der Waals surface area contributed by atoms with Gasteiger partial charge in [0.05, 0.1) is 6.04 Å². The molecule has 0 aromatic heterocycles. The Labute approximate surface area is 114 Å². The van der Waals surface area contributed by atoms with Crippen LogP contribution in [-0.2, 0) is 0 Å². The van der Waals surface area contributed by atoms with Crippen LogP contribution in [0, 0.1) is 5.82 Å². The first-order chi connectivity index (χ1) is 8.61. The molecule has 0 saturated heterocycles. The zero-order valence-corrected chi connectivity index (χ0v) is 11.5. The molecule has 2 rings (SSSR count). The van der Waals surface area contributed by atoms with Gasteiger partial charge in [-0.25, -0.2) is 4.39 Å². The van der Waals surface area contributed by atoms with Crippen molar-refractivity contribution < 1.29 is 4.39 Å². The monoisotopic (exact) mass is 308 g/mol. The van der Waals surface area contributed by atoms with Crippen LogP contribution >= 0.6 is 15.9 Å². The maximum absolute atomic E-state index is 13.9. The molecule has 4 heteroatoms. The molecule has 2 nitrogen and oxygen atoms in total. The summed E-state index contributed by atoms with van der Waals surface area (Å²) in [6.45, 7) is 0. The van der Waals surface area contributed by atoms with E-state index in [2.05, 4.69) is 21.2 Å². The number of halogens is 2. The number of nitrogens with two attached hydrogens (primary N) is 1. The predicted molar refractivity (Wildman–Crippen MR) is 75.9 cm³/mol. The van der Waals surface area contributed by atoms with Gasteiger partial charge in [0.15, 0.2) is 0 Å². The molecule has 0 amide bonds. The molecule has 0 heterocycles. The van der Waals surface area contributed by atoms with Crippen LogP contribution in [0.5, 0.6) is 0 Å². The van der Waals surface area contributed by atoms with Gasteiger partial charge in [-0.3, -0.25) is 0 Å². The first-order valence-electron chi connectivity index (χ1n) is 5.59. The Morgan fingerprint density at radius 1 is 1.17 bits per heavy atom. The van der Waals surface area contributed by atoms with E-state index in [1.165, 1.54) is 6.07 Å². The van der Waals surface area contributed by atoms with Crippen LogP contribution in [0.4, 0.5) is 10.1 Å². The van der Waals surface area contributed by atoms with Crippen molar-refractivity contribution in [3.8, 4) is 0 Å². The van der Waals surface area contributed by atoms with E-state index in [4.69, 9.17) is 5.73 Å². The Morgan fingerprint density at radius 2 is 1.83 bits per heavy atom. The third-order valence-electron chi connectivity index (χ3n) is 2.83. The standard InChI is InChI=1S/C14H14BrFN2/c1-18-14(9-2-5-11(17)6-3-9)12-8-10(15)4-7-13(12)16/h2-8,14,18H,17H2,1H3. The Bertz CT molecular complexity index is 540. The van der Waals surface area contributed by atoms with Gasteiger partial charge in [0.1, 0.15) is 5.82 Å². The molecule has 0 saturated carbocycles. The average molecular weight is 309 g/mol. The van der Waals surface area contributed by atoms with Crippen LogP contribution in [-0.4, -0.2) is 7.05 Å². The van der Waals surface area contributed by atoms with Crippen molar-refractivity contribution in [1.29, 1.82) is 0 Å². The second-order valence-corrected chi connectivity index (χ2v) is 4.97. The fourth-order valence-corrected chi connectivity index (χ4v) is 2.30. The van der Waals surface area contributed by atoms with E-state index in [1.54, 1.807) is 19.2 Å². The molecule has 0 aliphatic carbocycles. The number of rotatable bonds is 3. The van der Waals surface area contributed by atoms with Crippen LogP contribution in [0.3, 0.4) is 0 Å². The lowest BCUT2D eigenvalue weighted by atomic mass is 9.98. The van der Waals surface area contributed by atoms with Crippen LogP contribution in [0.2, 0.25) is 0 Å². The van der Waals surface area contributed by atoms with E-state index >= 15 is 0 Å². The van der Waals surface area contributed by atoms with Gasteiger partial charge in [0.25, 0.3) is 0 Å². The zero-order valence-electron chi connectivity index (χ0n) is 9.95. The topological polar surface area (TPSA) is 38.0 Å². The summed E-state index contributed by atoms with van der Waals surface area (Å²) in [5.41, 5.74) is 7.94. The summed E-state index contributed by atoms with van der Waals surface area (Å²) in [5.74, 6) is -0.227. The van der Waals surface area contributed by atoms with Crippen molar-refractivity contribution in [2.75, 3.05) is 12.8 Å². The normalized spacial score (nSPS) is 12.4. The molecule has 0 aliphatic rings. The average Bonchev–Trinajstić information content (AvgIpc) is 2.37. The van der Waals surface area contributed by atoms with Gasteiger partial charge in [-0.1, -0.05) is 28.1 Å². The first kappa shape index (κ1) is 13.1. The van der Waals surface area contributed by atoms with Gasteiger partial charge >= 0.3 is 0 Å². The van der Waals surface area contributed by atoms with Crippen molar-refractivity contribution >= 4 is 21.6 Å². The molecule has 2 aromatic carbocycles. The Morgan fingerprint density at radius 3 is 2.44 bits per heavy atom.